The van der Waals surface area contributed by atoms with Crippen LogP contribution in [0.2, 0.25) is 0 Å². The van der Waals surface area contributed by atoms with Gasteiger partial charge in [-0.05, 0) is 20.8 Å². The SMILES string of the molecule is CC1=NC2NC=N[C@]2(C)C(C)=N1. The Kier molecular flexibility index (Phi) is 1.34. The lowest BCUT2D eigenvalue weighted by atomic mass is 9.93. The summed E-state index contributed by atoms with van der Waals surface area (Å²) in [6.45, 7) is 5.95. The van der Waals surface area contributed by atoms with Crippen LogP contribution in [-0.4, -0.2) is 29.6 Å². The second-order valence-electron chi connectivity index (χ2n) is 3.35. The summed E-state index contributed by atoms with van der Waals surface area (Å²) >= 11 is 0. The van der Waals surface area contributed by atoms with Crippen molar-refractivity contribution < 1.29 is 0 Å². The van der Waals surface area contributed by atoms with Crippen molar-refractivity contribution in [3.8, 4) is 0 Å². The third-order valence-electron chi connectivity index (χ3n) is 2.48. The molecule has 0 aromatic heterocycles. The molecule has 0 radical (unpaired) electrons. The van der Waals surface area contributed by atoms with Gasteiger partial charge in [0, 0.05) is 5.71 Å². The highest BCUT2D eigenvalue weighted by atomic mass is 15.3. The monoisotopic (exact) mass is 164 g/mol. The molecule has 2 aliphatic rings. The fraction of sp³-hybridized carbons (Fsp3) is 0.625. The third kappa shape index (κ3) is 0.807. The van der Waals surface area contributed by atoms with Crippen molar-refractivity contribution in [3.05, 3.63) is 0 Å². The van der Waals surface area contributed by atoms with Gasteiger partial charge in [0.25, 0.3) is 0 Å². The summed E-state index contributed by atoms with van der Waals surface area (Å²) in [6.07, 6.45) is 1.76. The van der Waals surface area contributed by atoms with Gasteiger partial charge in [-0.15, -0.1) is 0 Å². The molecule has 0 spiro atoms. The molecule has 0 amide bonds. The van der Waals surface area contributed by atoms with Gasteiger partial charge in [-0.2, -0.15) is 0 Å². The van der Waals surface area contributed by atoms with Crippen LogP contribution in [0.25, 0.3) is 0 Å². The Balaban J connectivity index is 2.45. The molecule has 2 heterocycles. The van der Waals surface area contributed by atoms with Crippen LogP contribution in [0.1, 0.15) is 20.8 Å². The molecule has 0 aromatic carbocycles. The highest BCUT2D eigenvalue weighted by Crippen LogP contribution is 2.25. The Morgan fingerprint density at radius 1 is 1.50 bits per heavy atom. The molecule has 0 fully saturated rings. The number of aliphatic imine (C=N–C) groups is 3. The second kappa shape index (κ2) is 2.15. The molecule has 1 N–H and O–H groups in total. The van der Waals surface area contributed by atoms with Crippen LogP contribution in [0.15, 0.2) is 15.0 Å². The molecule has 4 heteroatoms. The number of nitrogens with one attached hydrogen (secondary N) is 1. The van der Waals surface area contributed by atoms with Crippen molar-refractivity contribution in [1.29, 1.82) is 0 Å². The van der Waals surface area contributed by atoms with Gasteiger partial charge in [-0.1, -0.05) is 0 Å². The van der Waals surface area contributed by atoms with Crippen molar-refractivity contribution >= 4 is 17.9 Å². The van der Waals surface area contributed by atoms with E-state index in [1.54, 1.807) is 6.34 Å². The van der Waals surface area contributed by atoms with Crippen molar-refractivity contribution in [3.63, 3.8) is 0 Å². The number of hydrogen-bond acceptors (Lipinski definition) is 4. The molecule has 12 heavy (non-hydrogen) atoms. The maximum atomic E-state index is 4.36. The summed E-state index contributed by atoms with van der Waals surface area (Å²) in [6, 6.07) is 0. The molecule has 0 saturated heterocycles. The molecule has 2 rings (SSSR count). The maximum absolute atomic E-state index is 4.36. The first-order valence-electron chi connectivity index (χ1n) is 4.03. The molecule has 64 valence electrons. The van der Waals surface area contributed by atoms with Crippen molar-refractivity contribution in [2.45, 2.75) is 32.5 Å². The minimum atomic E-state index is -0.250. The van der Waals surface area contributed by atoms with E-state index in [1.807, 2.05) is 20.8 Å². The van der Waals surface area contributed by atoms with E-state index in [4.69, 9.17) is 0 Å². The van der Waals surface area contributed by atoms with Gasteiger partial charge in [0.1, 0.15) is 11.4 Å². The Bertz CT molecular complexity index is 302. The van der Waals surface area contributed by atoms with Crippen molar-refractivity contribution in [1.82, 2.24) is 5.32 Å². The topological polar surface area (TPSA) is 49.1 Å². The van der Waals surface area contributed by atoms with Crippen LogP contribution in [0.5, 0.6) is 0 Å². The smallest absolute Gasteiger partial charge is 0.152 e. The van der Waals surface area contributed by atoms with Crippen LogP contribution >= 0.6 is 0 Å². The van der Waals surface area contributed by atoms with Gasteiger partial charge in [0.2, 0.25) is 0 Å². The quantitative estimate of drug-likeness (QED) is 0.560. The Labute approximate surface area is 71.5 Å². The zero-order valence-corrected chi connectivity index (χ0v) is 7.50. The number of nitrogens with zero attached hydrogens (tertiary/aromatic N) is 3. The molecule has 0 aliphatic carbocycles. The fourth-order valence-electron chi connectivity index (χ4n) is 1.50. The van der Waals surface area contributed by atoms with E-state index in [0.717, 1.165) is 11.5 Å². The average Bonchev–Trinajstić information content (AvgIpc) is 2.33. The second-order valence-corrected chi connectivity index (χ2v) is 3.35. The standard InChI is InChI=1S/C8H12N4/c1-5-8(3)7(9-4-10-8)12-6(2)11-5/h4,7H,1-3H3,(H,9,10)/t7?,8-/m1/s1. The summed E-state index contributed by atoms with van der Waals surface area (Å²) in [5, 5.41) is 3.10. The van der Waals surface area contributed by atoms with E-state index in [0.29, 0.717) is 0 Å². The maximum Gasteiger partial charge on any atom is 0.152 e. The normalized spacial score (nSPS) is 38.4. The molecule has 0 saturated carbocycles. The van der Waals surface area contributed by atoms with Gasteiger partial charge < -0.3 is 5.32 Å². The first-order valence-corrected chi connectivity index (χ1v) is 4.03. The molecule has 4 nitrogen and oxygen atoms in total. The van der Waals surface area contributed by atoms with Crippen LogP contribution in [0, 0.1) is 0 Å². The highest BCUT2D eigenvalue weighted by Gasteiger charge is 2.41. The summed E-state index contributed by atoms with van der Waals surface area (Å²) in [4.78, 5) is 13.0. The minimum absolute atomic E-state index is 0.0509. The molecule has 2 atom stereocenters. The summed E-state index contributed by atoms with van der Waals surface area (Å²) in [5.41, 5.74) is 0.778. The zero-order valence-electron chi connectivity index (χ0n) is 7.50. The van der Waals surface area contributed by atoms with E-state index in [1.165, 1.54) is 0 Å². The average molecular weight is 164 g/mol. The summed E-state index contributed by atoms with van der Waals surface area (Å²) in [5.74, 6) is 0.827. The molecule has 0 aromatic rings. The Hall–Kier alpha value is -1.19. The Morgan fingerprint density at radius 3 is 3.00 bits per heavy atom. The molecule has 1 unspecified atom stereocenters. The van der Waals surface area contributed by atoms with Crippen LogP contribution < -0.4 is 5.32 Å². The summed E-state index contributed by atoms with van der Waals surface area (Å²) in [7, 11) is 0. The van der Waals surface area contributed by atoms with E-state index in [9.17, 15) is 0 Å². The molecular formula is C8H12N4. The highest BCUT2D eigenvalue weighted by molar-refractivity contribution is 6.04. The summed E-state index contributed by atoms with van der Waals surface area (Å²) < 4.78 is 0. The minimum Gasteiger partial charge on any atom is -0.353 e. The van der Waals surface area contributed by atoms with Gasteiger partial charge in [-0.25, -0.2) is 9.98 Å². The third-order valence-corrected chi connectivity index (χ3v) is 2.48. The van der Waals surface area contributed by atoms with Crippen molar-refractivity contribution in [2.24, 2.45) is 15.0 Å². The van der Waals surface area contributed by atoms with Crippen LogP contribution in [0.4, 0.5) is 0 Å². The van der Waals surface area contributed by atoms with E-state index >= 15 is 0 Å². The zero-order chi connectivity index (χ0) is 8.77. The van der Waals surface area contributed by atoms with Crippen LogP contribution in [-0.2, 0) is 0 Å². The van der Waals surface area contributed by atoms with E-state index in [2.05, 4.69) is 20.3 Å². The Morgan fingerprint density at radius 2 is 2.25 bits per heavy atom. The van der Waals surface area contributed by atoms with E-state index in [-0.39, 0.29) is 11.7 Å². The van der Waals surface area contributed by atoms with Gasteiger partial charge in [0.15, 0.2) is 6.17 Å². The van der Waals surface area contributed by atoms with Crippen LogP contribution in [0.3, 0.4) is 0 Å². The van der Waals surface area contributed by atoms with Gasteiger partial charge in [0.05, 0.1) is 6.34 Å². The predicted molar refractivity (Wildman–Crippen MR) is 50.0 cm³/mol. The molecule has 2 aliphatic heterocycles. The van der Waals surface area contributed by atoms with Gasteiger partial charge >= 0.3 is 0 Å². The fourth-order valence-corrected chi connectivity index (χ4v) is 1.50. The van der Waals surface area contributed by atoms with Gasteiger partial charge in [-0.3, -0.25) is 4.99 Å². The van der Waals surface area contributed by atoms with E-state index < -0.39 is 0 Å². The lowest BCUT2D eigenvalue weighted by Crippen LogP contribution is -2.47. The number of rotatable bonds is 0. The first-order chi connectivity index (χ1) is 5.63. The number of hydrogen-bond donors (Lipinski definition) is 1. The largest absolute Gasteiger partial charge is 0.353 e. The lowest BCUT2D eigenvalue weighted by molar-refractivity contribution is 0.495. The first kappa shape index (κ1) is 7.46. The molecular weight excluding hydrogens is 152 g/mol. The predicted octanol–water partition coefficient (Wildman–Crippen LogP) is 0.596. The number of amidine groups is 1. The van der Waals surface area contributed by atoms with Crippen molar-refractivity contribution in [2.75, 3.05) is 0 Å². The lowest BCUT2D eigenvalue weighted by Gasteiger charge is -2.29. The number of fused-ring (bicyclic) bond motifs is 1. The molecule has 0 bridgehead atoms.